The van der Waals surface area contributed by atoms with E-state index in [1.165, 1.54) is 16.9 Å². The van der Waals surface area contributed by atoms with Gasteiger partial charge in [0.05, 0.1) is 17.6 Å². The Morgan fingerprint density at radius 3 is 2.59 bits per heavy atom. The smallest absolute Gasteiger partial charge is 0.227 e. The van der Waals surface area contributed by atoms with Gasteiger partial charge < -0.3 is 10.2 Å². The predicted octanol–water partition coefficient (Wildman–Crippen LogP) is 4.90. The fourth-order valence-corrected chi connectivity index (χ4v) is 4.78. The van der Waals surface area contributed by atoms with Gasteiger partial charge in [0, 0.05) is 30.6 Å². The number of nitrogens with zero attached hydrogens (tertiary/aromatic N) is 4. The number of halogens is 2. The Hall–Kier alpha value is -3.33. The first kappa shape index (κ1) is 20.6. The van der Waals surface area contributed by atoms with Crippen LogP contribution >= 0.6 is 11.3 Å². The van der Waals surface area contributed by atoms with Gasteiger partial charge in [-0.15, -0.1) is 5.10 Å². The number of carbonyl (C=O) groups is 1. The van der Waals surface area contributed by atoms with Gasteiger partial charge in [-0.25, -0.2) is 18.3 Å². The Morgan fingerprint density at radius 2 is 1.88 bits per heavy atom. The molecule has 9 heteroatoms. The van der Waals surface area contributed by atoms with Crippen molar-refractivity contribution in [3.8, 4) is 11.3 Å². The normalized spacial score (nSPS) is 14.8. The van der Waals surface area contributed by atoms with Crippen LogP contribution in [0.4, 0.5) is 19.6 Å². The predicted molar refractivity (Wildman–Crippen MR) is 121 cm³/mol. The second-order valence-corrected chi connectivity index (χ2v) is 8.91. The molecule has 2 aromatic heterocycles. The van der Waals surface area contributed by atoms with Gasteiger partial charge in [0.15, 0.2) is 0 Å². The average molecular weight is 454 g/mol. The van der Waals surface area contributed by atoms with E-state index in [0.29, 0.717) is 25.9 Å². The van der Waals surface area contributed by atoms with E-state index in [4.69, 9.17) is 4.98 Å². The number of benzene rings is 2. The molecule has 1 amide bonds. The molecular formula is C23H21F2N5OS. The van der Waals surface area contributed by atoms with E-state index in [1.54, 1.807) is 4.52 Å². The van der Waals surface area contributed by atoms with Crippen LogP contribution in [0, 0.1) is 24.5 Å². The second kappa shape index (κ2) is 8.31. The first-order valence-corrected chi connectivity index (χ1v) is 11.2. The zero-order chi connectivity index (χ0) is 22.2. The van der Waals surface area contributed by atoms with Gasteiger partial charge in [0.2, 0.25) is 16.0 Å². The Labute approximate surface area is 187 Å². The molecule has 0 bridgehead atoms. The number of hydrogen-bond acceptors (Lipinski definition) is 5. The monoisotopic (exact) mass is 453 g/mol. The summed E-state index contributed by atoms with van der Waals surface area (Å²) in [4.78, 5) is 20.2. The van der Waals surface area contributed by atoms with Crippen LogP contribution in [-0.4, -0.2) is 33.6 Å². The van der Waals surface area contributed by atoms with Crippen molar-refractivity contribution in [1.29, 1.82) is 0 Å². The molecule has 0 radical (unpaired) electrons. The summed E-state index contributed by atoms with van der Waals surface area (Å²) in [5, 5.41) is 8.04. The summed E-state index contributed by atoms with van der Waals surface area (Å²) in [6, 6.07) is 11.3. The first-order chi connectivity index (χ1) is 15.5. The van der Waals surface area contributed by atoms with E-state index in [2.05, 4.69) is 34.4 Å². The molecule has 5 rings (SSSR count). The molecule has 1 saturated heterocycles. The molecule has 2 aromatic carbocycles. The molecule has 4 aromatic rings. The molecule has 3 heterocycles. The number of amides is 1. The average Bonchev–Trinajstić information content (AvgIpc) is 3.36. The highest BCUT2D eigenvalue weighted by Gasteiger charge is 2.27. The lowest BCUT2D eigenvalue weighted by Crippen LogP contribution is -2.38. The summed E-state index contributed by atoms with van der Waals surface area (Å²) in [6.45, 7) is 3.37. The van der Waals surface area contributed by atoms with Gasteiger partial charge in [-0.2, -0.15) is 0 Å². The van der Waals surface area contributed by atoms with Gasteiger partial charge in [-0.3, -0.25) is 4.79 Å². The van der Waals surface area contributed by atoms with E-state index >= 15 is 0 Å². The lowest BCUT2D eigenvalue weighted by atomic mass is 9.96. The van der Waals surface area contributed by atoms with Crippen molar-refractivity contribution in [2.24, 2.45) is 5.92 Å². The van der Waals surface area contributed by atoms with Gasteiger partial charge >= 0.3 is 0 Å². The lowest BCUT2D eigenvalue weighted by Gasteiger charge is -2.30. The van der Waals surface area contributed by atoms with Gasteiger partial charge in [-0.1, -0.05) is 41.2 Å². The summed E-state index contributed by atoms with van der Waals surface area (Å²) in [7, 11) is 0. The van der Waals surface area contributed by atoms with E-state index < -0.39 is 11.6 Å². The molecule has 32 heavy (non-hydrogen) atoms. The zero-order valence-corrected chi connectivity index (χ0v) is 18.2. The molecule has 0 saturated carbocycles. The van der Waals surface area contributed by atoms with Crippen molar-refractivity contribution in [3.05, 3.63) is 65.9 Å². The minimum absolute atomic E-state index is 0.122. The number of fused-ring (bicyclic) bond motifs is 1. The second-order valence-electron chi connectivity index (χ2n) is 7.98. The van der Waals surface area contributed by atoms with Crippen LogP contribution in [0.15, 0.2) is 48.7 Å². The lowest BCUT2D eigenvalue weighted by molar-refractivity contribution is -0.120. The topological polar surface area (TPSA) is 62.5 Å². The highest BCUT2D eigenvalue weighted by Crippen LogP contribution is 2.30. The third-order valence-electron chi connectivity index (χ3n) is 5.70. The van der Waals surface area contributed by atoms with E-state index in [-0.39, 0.29) is 17.5 Å². The Bertz CT molecular complexity index is 1240. The summed E-state index contributed by atoms with van der Waals surface area (Å²) in [5.74, 6) is -1.78. The van der Waals surface area contributed by atoms with Crippen molar-refractivity contribution in [1.82, 2.24) is 14.6 Å². The zero-order valence-electron chi connectivity index (χ0n) is 17.4. The fourth-order valence-electron chi connectivity index (χ4n) is 3.84. The molecule has 1 N–H and O–H groups in total. The Balaban J connectivity index is 1.23. The van der Waals surface area contributed by atoms with Crippen LogP contribution < -0.4 is 10.2 Å². The molecule has 1 aliphatic rings. The highest BCUT2D eigenvalue weighted by atomic mass is 32.1. The highest BCUT2D eigenvalue weighted by molar-refractivity contribution is 7.20. The van der Waals surface area contributed by atoms with Crippen molar-refractivity contribution in [3.63, 3.8) is 0 Å². The van der Waals surface area contributed by atoms with Crippen LogP contribution in [0.25, 0.3) is 16.2 Å². The minimum Gasteiger partial charge on any atom is -0.347 e. The Morgan fingerprint density at radius 1 is 1.12 bits per heavy atom. The van der Waals surface area contributed by atoms with Gasteiger partial charge in [0.1, 0.15) is 11.6 Å². The largest absolute Gasteiger partial charge is 0.347 e. The molecule has 6 nitrogen and oxygen atoms in total. The van der Waals surface area contributed by atoms with Crippen LogP contribution in [0.2, 0.25) is 0 Å². The molecule has 1 fully saturated rings. The van der Waals surface area contributed by atoms with Crippen molar-refractivity contribution in [2.75, 3.05) is 23.3 Å². The fraction of sp³-hybridized carbons (Fsp3) is 0.261. The molecule has 164 valence electrons. The molecular weight excluding hydrogens is 432 g/mol. The number of anilines is 2. The van der Waals surface area contributed by atoms with E-state index in [1.807, 2.05) is 18.3 Å². The van der Waals surface area contributed by atoms with Gasteiger partial charge in [0.25, 0.3) is 0 Å². The van der Waals surface area contributed by atoms with Crippen LogP contribution in [0.3, 0.4) is 0 Å². The summed E-state index contributed by atoms with van der Waals surface area (Å²) < 4.78 is 28.9. The summed E-state index contributed by atoms with van der Waals surface area (Å²) in [5.41, 5.74) is 3.02. The SMILES string of the molecule is Cc1ccc(-c2cn3nc(N4CCC(C(=O)Nc5cc(F)ccc5F)CC4)sc3n2)cc1. The van der Waals surface area contributed by atoms with Crippen molar-refractivity contribution >= 4 is 33.0 Å². The van der Waals surface area contributed by atoms with Crippen molar-refractivity contribution in [2.45, 2.75) is 19.8 Å². The maximum atomic E-state index is 13.8. The number of aryl methyl sites for hydroxylation is 1. The summed E-state index contributed by atoms with van der Waals surface area (Å²) >= 11 is 1.51. The molecule has 0 unspecified atom stereocenters. The van der Waals surface area contributed by atoms with Crippen LogP contribution in [0.1, 0.15) is 18.4 Å². The molecule has 1 aliphatic heterocycles. The van der Waals surface area contributed by atoms with Gasteiger partial charge in [-0.05, 0) is 31.9 Å². The molecule has 0 aliphatic carbocycles. The number of piperidine rings is 1. The number of aromatic nitrogens is 3. The number of hydrogen-bond donors (Lipinski definition) is 1. The maximum Gasteiger partial charge on any atom is 0.227 e. The maximum absolute atomic E-state index is 13.8. The quantitative estimate of drug-likeness (QED) is 0.478. The molecule has 0 atom stereocenters. The number of imidazole rings is 1. The number of carbonyl (C=O) groups excluding carboxylic acids is 1. The standard InChI is InChI=1S/C23H21F2N5OS/c1-14-2-4-15(5-3-14)20-13-30-22(27-20)32-23(28-30)29-10-8-16(9-11-29)21(31)26-19-12-17(24)6-7-18(19)25/h2-7,12-13,16H,8-11H2,1H3,(H,26,31). The third-order valence-corrected chi connectivity index (χ3v) is 6.69. The number of nitrogens with one attached hydrogen (secondary N) is 1. The van der Waals surface area contributed by atoms with Crippen LogP contribution in [-0.2, 0) is 4.79 Å². The minimum atomic E-state index is -0.645. The third kappa shape index (κ3) is 4.08. The van der Waals surface area contributed by atoms with E-state index in [0.717, 1.165) is 39.5 Å². The first-order valence-electron chi connectivity index (χ1n) is 10.4. The number of rotatable bonds is 4. The van der Waals surface area contributed by atoms with Crippen LogP contribution in [0.5, 0.6) is 0 Å². The molecule has 0 spiro atoms. The summed E-state index contributed by atoms with van der Waals surface area (Å²) in [6.07, 6.45) is 3.15. The Kier molecular flexibility index (Phi) is 5.34. The van der Waals surface area contributed by atoms with Crippen molar-refractivity contribution < 1.29 is 13.6 Å². The van der Waals surface area contributed by atoms with E-state index in [9.17, 15) is 13.6 Å².